The zero-order valence-corrected chi connectivity index (χ0v) is 17.3. The molecular weight excluding hydrogens is 408 g/mol. The fraction of sp³-hybridized carbons (Fsp3) is 0.400. The fourth-order valence-corrected chi connectivity index (χ4v) is 3.38. The lowest BCUT2D eigenvalue weighted by Crippen LogP contribution is -2.53. The number of para-hydroxylation sites is 2. The van der Waals surface area contributed by atoms with Crippen LogP contribution in [0.5, 0.6) is 5.75 Å². The summed E-state index contributed by atoms with van der Waals surface area (Å²) in [7, 11) is 0. The molecular formula is C20H25BrN4O2. The van der Waals surface area contributed by atoms with Gasteiger partial charge in [-0.1, -0.05) is 12.1 Å². The van der Waals surface area contributed by atoms with Gasteiger partial charge in [0.05, 0.1) is 18.3 Å². The molecule has 0 bridgehead atoms. The van der Waals surface area contributed by atoms with E-state index in [1.807, 2.05) is 56.4 Å². The number of piperazine rings is 1. The standard InChI is InChI=1S/C20H25BrN4O2/c1-3-27-18-7-5-4-6-17(18)23-20(26)15(2)24-10-12-25(13-11-24)19-9-8-16(21)14-22-19/h4-9,14-15H,3,10-13H2,1-2H3,(H,23,26). The van der Waals surface area contributed by atoms with E-state index in [-0.39, 0.29) is 11.9 Å². The quantitative estimate of drug-likeness (QED) is 0.757. The molecule has 7 heteroatoms. The van der Waals surface area contributed by atoms with Crippen LogP contribution in [0.2, 0.25) is 0 Å². The van der Waals surface area contributed by atoms with Crippen LogP contribution >= 0.6 is 15.9 Å². The van der Waals surface area contributed by atoms with E-state index in [9.17, 15) is 4.79 Å². The van der Waals surface area contributed by atoms with Crippen molar-refractivity contribution in [3.05, 3.63) is 47.1 Å². The summed E-state index contributed by atoms with van der Waals surface area (Å²) in [5.41, 5.74) is 0.717. The predicted molar refractivity (Wildman–Crippen MR) is 111 cm³/mol. The average Bonchev–Trinajstić information content (AvgIpc) is 2.70. The molecule has 6 nitrogen and oxygen atoms in total. The van der Waals surface area contributed by atoms with Crippen LogP contribution in [0.4, 0.5) is 11.5 Å². The molecule has 1 amide bonds. The number of nitrogens with one attached hydrogen (secondary N) is 1. The highest BCUT2D eigenvalue weighted by Gasteiger charge is 2.26. The summed E-state index contributed by atoms with van der Waals surface area (Å²) >= 11 is 3.41. The summed E-state index contributed by atoms with van der Waals surface area (Å²) in [6.07, 6.45) is 1.81. The molecule has 1 saturated heterocycles. The maximum atomic E-state index is 12.7. The lowest BCUT2D eigenvalue weighted by atomic mass is 10.2. The number of aromatic nitrogens is 1. The fourth-order valence-electron chi connectivity index (χ4n) is 3.15. The van der Waals surface area contributed by atoms with Gasteiger partial charge in [0, 0.05) is 36.8 Å². The van der Waals surface area contributed by atoms with Crippen LogP contribution in [-0.4, -0.2) is 54.6 Å². The van der Waals surface area contributed by atoms with Crippen molar-refractivity contribution in [2.24, 2.45) is 0 Å². The Kier molecular flexibility index (Phi) is 6.68. The van der Waals surface area contributed by atoms with E-state index in [0.717, 1.165) is 36.5 Å². The summed E-state index contributed by atoms with van der Waals surface area (Å²) in [6.45, 7) is 7.78. The second kappa shape index (κ2) is 9.19. The Hall–Kier alpha value is -2.12. The summed E-state index contributed by atoms with van der Waals surface area (Å²) < 4.78 is 6.56. The molecule has 3 rings (SSSR count). The number of pyridine rings is 1. The van der Waals surface area contributed by atoms with Crippen molar-refractivity contribution < 1.29 is 9.53 Å². The largest absolute Gasteiger partial charge is 0.492 e. The monoisotopic (exact) mass is 432 g/mol. The number of nitrogens with zero attached hydrogens (tertiary/aromatic N) is 3. The number of hydrogen-bond acceptors (Lipinski definition) is 5. The third-order valence-electron chi connectivity index (χ3n) is 4.72. The summed E-state index contributed by atoms with van der Waals surface area (Å²) in [6, 6.07) is 11.3. The normalized spacial score (nSPS) is 16.0. The van der Waals surface area contributed by atoms with Gasteiger partial charge in [-0.3, -0.25) is 9.69 Å². The zero-order valence-electron chi connectivity index (χ0n) is 15.7. The first-order chi connectivity index (χ1) is 13.1. The van der Waals surface area contributed by atoms with Crippen LogP contribution in [0.3, 0.4) is 0 Å². The minimum Gasteiger partial charge on any atom is -0.492 e. The number of benzene rings is 1. The van der Waals surface area contributed by atoms with Crippen LogP contribution in [0.25, 0.3) is 0 Å². The maximum absolute atomic E-state index is 12.7. The number of carbonyl (C=O) groups excluding carboxylic acids is 1. The molecule has 144 valence electrons. The third-order valence-corrected chi connectivity index (χ3v) is 5.19. The van der Waals surface area contributed by atoms with E-state index in [1.165, 1.54) is 0 Å². The maximum Gasteiger partial charge on any atom is 0.241 e. The first kappa shape index (κ1) is 19.6. The highest BCUT2D eigenvalue weighted by molar-refractivity contribution is 9.10. The Morgan fingerprint density at radius 3 is 2.63 bits per heavy atom. The van der Waals surface area contributed by atoms with Gasteiger partial charge in [-0.15, -0.1) is 0 Å². The van der Waals surface area contributed by atoms with E-state index in [4.69, 9.17) is 4.74 Å². The average molecular weight is 433 g/mol. The number of carbonyl (C=O) groups is 1. The molecule has 0 aliphatic carbocycles. The molecule has 2 heterocycles. The molecule has 1 aromatic heterocycles. The Morgan fingerprint density at radius 1 is 1.22 bits per heavy atom. The van der Waals surface area contributed by atoms with Crippen molar-refractivity contribution in [1.82, 2.24) is 9.88 Å². The molecule has 1 atom stereocenters. The number of rotatable bonds is 6. The van der Waals surface area contributed by atoms with Crippen LogP contribution in [-0.2, 0) is 4.79 Å². The highest BCUT2D eigenvalue weighted by atomic mass is 79.9. The van der Waals surface area contributed by atoms with Crippen molar-refractivity contribution in [1.29, 1.82) is 0 Å². The van der Waals surface area contributed by atoms with Gasteiger partial charge < -0.3 is 15.0 Å². The van der Waals surface area contributed by atoms with Gasteiger partial charge in [0.15, 0.2) is 0 Å². The predicted octanol–water partition coefficient (Wildman–Crippen LogP) is 3.39. The van der Waals surface area contributed by atoms with Crippen molar-refractivity contribution in [2.75, 3.05) is 43.0 Å². The molecule has 1 fully saturated rings. The minimum atomic E-state index is -0.209. The van der Waals surface area contributed by atoms with E-state index in [0.29, 0.717) is 18.0 Å². The molecule has 1 aliphatic heterocycles. The third kappa shape index (κ3) is 4.99. The number of halogens is 1. The van der Waals surface area contributed by atoms with Crippen LogP contribution in [0, 0.1) is 0 Å². The van der Waals surface area contributed by atoms with Gasteiger partial charge in [0.2, 0.25) is 5.91 Å². The Bertz CT molecular complexity index is 761. The summed E-state index contributed by atoms with van der Waals surface area (Å²) in [5, 5.41) is 3.00. The first-order valence-corrected chi connectivity index (χ1v) is 10.0. The minimum absolute atomic E-state index is 0.0163. The molecule has 1 unspecified atom stereocenters. The molecule has 1 N–H and O–H groups in total. The molecule has 0 radical (unpaired) electrons. The van der Waals surface area contributed by atoms with Crippen LogP contribution < -0.4 is 15.0 Å². The Balaban J connectivity index is 1.56. The SMILES string of the molecule is CCOc1ccccc1NC(=O)C(C)N1CCN(c2ccc(Br)cn2)CC1. The second-order valence-corrected chi connectivity index (χ2v) is 7.37. The van der Waals surface area contributed by atoms with Crippen molar-refractivity contribution in [2.45, 2.75) is 19.9 Å². The topological polar surface area (TPSA) is 57.7 Å². The summed E-state index contributed by atoms with van der Waals surface area (Å²) in [4.78, 5) is 21.6. The van der Waals surface area contributed by atoms with Gasteiger partial charge in [-0.2, -0.15) is 0 Å². The van der Waals surface area contributed by atoms with Gasteiger partial charge >= 0.3 is 0 Å². The summed E-state index contributed by atoms with van der Waals surface area (Å²) in [5.74, 6) is 1.66. The van der Waals surface area contributed by atoms with Crippen molar-refractivity contribution >= 4 is 33.3 Å². The number of amides is 1. The smallest absolute Gasteiger partial charge is 0.241 e. The first-order valence-electron chi connectivity index (χ1n) is 9.21. The van der Waals surface area contributed by atoms with E-state index in [1.54, 1.807) is 0 Å². The Labute approximate surface area is 168 Å². The van der Waals surface area contributed by atoms with Crippen LogP contribution in [0.1, 0.15) is 13.8 Å². The van der Waals surface area contributed by atoms with Gasteiger partial charge in [-0.25, -0.2) is 4.98 Å². The van der Waals surface area contributed by atoms with E-state index in [2.05, 4.69) is 36.0 Å². The molecule has 2 aromatic rings. The van der Waals surface area contributed by atoms with Crippen LogP contribution in [0.15, 0.2) is 47.1 Å². The van der Waals surface area contributed by atoms with Gasteiger partial charge in [0.1, 0.15) is 11.6 Å². The lowest BCUT2D eigenvalue weighted by molar-refractivity contribution is -0.120. The lowest BCUT2D eigenvalue weighted by Gasteiger charge is -2.38. The molecule has 0 saturated carbocycles. The molecule has 1 aromatic carbocycles. The number of ether oxygens (including phenoxy) is 1. The van der Waals surface area contributed by atoms with E-state index < -0.39 is 0 Å². The Morgan fingerprint density at radius 2 is 1.96 bits per heavy atom. The molecule has 1 aliphatic rings. The van der Waals surface area contributed by atoms with Crippen molar-refractivity contribution in [3.63, 3.8) is 0 Å². The molecule has 27 heavy (non-hydrogen) atoms. The number of hydrogen-bond donors (Lipinski definition) is 1. The second-order valence-electron chi connectivity index (χ2n) is 6.45. The highest BCUT2D eigenvalue weighted by Crippen LogP contribution is 2.24. The zero-order chi connectivity index (χ0) is 19.2. The van der Waals surface area contributed by atoms with Gasteiger partial charge in [-0.05, 0) is 54.0 Å². The number of anilines is 2. The van der Waals surface area contributed by atoms with Crippen molar-refractivity contribution in [3.8, 4) is 5.75 Å². The van der Waals surface area contributed by atoms with Gasteiger partial charge in [0.25, 0.3) is 0 Å². The molecule has 0 spiro atoms. The van der Waals surface area contributed by atoms with E-state index >= 15 is 0 Å².